The van der Waals surface area contributed by atoms with E-state index >= 15 is 0 Å². The minimum absolute atomic E-state index is 0.0122. The molecule has 176 valence electrons. The molecule has 0 aliphatic rings. The Morgan fingerprint density at radius 3 is 2.49 bits per heavy atom. The third-order valence-electron chi connectivity index (χ3n) is 5.89. The molecule has 10 heteroatoms. The summed E-state index contributed by atoms with van der Waals surface area (Å²) in [4.78, 5) is 24.4. The Balaban J connectivity index is 1.70. The van der Waals surface area contributed by atoms with E-state index in [0.29, 0.717) is 38.9 Å². The van der Waals surface area contributed by atoms with E-state index in [1.54, 1.807) is 16.7 Å². The number of hydrogen-bond donors (Lipinski definition) is 0. The van der Waals surface area contributed by atoms with Crippen LogP contribution in [-0.2, 0) is 5.75 Å². The maximum Gasteiger partial charge on any atom is 0.270 e. The summed E-state index contributed by atoms with van der Waals surface area (Å²) in [6.45, 7) is 3.92. The summed E-state index contributed by atoms with van der Waals surface area (Å²) in [6, 6.07) is 17.7. The number of ether oxygens (including phenoxy) is 1. The predicted octanol–water partition coefficient (Wildman–Crippen LogP) is 4.86. The lowest BCUT2D eigenvalue weighted by molar-refractivity contribution is -0.384. The molecule has 5 rings (SSSR count). The zero-order valence-electron chi connectivity index (χ0n) is 19.3. The number of benzene rings is 3. The van der Waals surface area contributed by atoms with Crippen molar-refractivity contribution in [2.24, 2.45) is 0 Å². The third-order valence-corrected chi connectivity index (χ3v) is 6.87. The highest BCUT2D eigenvalue weighted by Gasteiger charge is 2.20. The summed E-state index contributed by atoms with van der Waals surface area (Å²) < 4.78 is 8.87. The molecule has 0 atom stereocenters. The number of thioether (sulfide) groups is 1. The van der Waals surface area contributed by atoms with Gasteiger partial charge in [0.1, 0.15) is 5.75 Å². The van der Waals surface area contributed by atoms with Gasteiger partial charge < -0.3 is 4.74 Å². The fourth-order valence-electron chi connectivity index (χ4n) is 4.27. The van der Waals surface area contributed by atoms with Crippen molar-refractivity contribution >= 4 is 34.1 Å². The first kappa shape index (κ1) is 22.6. The number of non-ortho nitro benzene ring substituents is 1. The molecule has 0 unspecified atom stereocenters. The van der Waals surface area contributed by atoms with Crippen molar-refractivity contribution < 1.29 is 9.66 Å². The lowest BCUT2D eigenvalue weighted by Gasteiger charge is -2.15. The fraction of sp³-hybridized carbons (Fsp3) is 0.160. The number of aromatic nitrogens is 4. The number of fused-ring (bicyclic) bond motifs is 3. The van der Waals surface area contributed by atoms with Gasteiger partial charge >= 0.3 is 0 Å². The summed E-state index contributed by atoms with van der Waals surface area (Å²) in [6.07, 6.45) is 0. The lowest BCUT2D eigenvalue weighted by atomic mass is 10.1. The van der Waals surface area contributed by atoms with E-state index in [1.165, 1.54) is 31.0 Å². The first-order valence-electron chi connectivity index (χ1n) is 10.8. The number of nitro groups is 1. The van der Waals surface area contributed by atoms with E-state index in [2.05, 4.69) is 10.2 Å². The van der Waals surface area contributed by atoms with E-state index in [0.717, 1.165) is 16.8 Å². The Labute approximate surface area is 204 Å². The normalized spacial score (nSPS) is 11.3. The number of rotatable bonds is 6. The van der Waals surface area contributed by atoms with Gasteiger partial charge in [-0.15, -0.1) is 10.2 Å². The van der Waals surface area contributed by atoms with E-state index in [4.69, 9.17) is 4.74 Å². The van der Waals surface area contributed by atoms with Crippen LogP contribution in [0.1, 0.15) is 16.7 Å². The SMILES string of the molecule is COc1ccc([N+](=O)[O-])cc1CSc1nnc2n(-c3c(C)cccc3C)c(=O)c3ccccc3n12. The highest BCUT2D eigenvalue weighted by Crippen LogP contribution is 2.32. The van der Waals surface area contributed by atoms with Gasteiger partial charge in [0.25, 0.3) is 11.2 Å². The van der Waals surface area contributed by atoms with Crippen molar-refractivity contribution in [1.29, 1.82) is 0 Å². The van der Waals surface area contributed by atoms with Gasteiger partial charge in [-0.3, -0.25) is 19.3 Å². The average Bonchev–Trinajstić information content (AvgIpc) is 3.28. The Kier molecular flexibility index (Phi) is 5.73. The molecule has 9 nitrogen and oxygen atoms in total. The number of aryl methyl sites for hydroxylation is 2. The van der Waals surface area contributed by atoms with Crippen LogP contribution >= 0.6 is 11.8 Å². The van der Waals surface area contributed by atoms with Crippen LogP contribution in [0.5, 0.6) is 5.75 Å². The van der Waals surface area contributed by atoms with Gasteiger partial charge in [-0.2, -0.15) is 0 Å². The monoisotopic (exact) mass is 487 g/mol. The number of methoxy groups -OCH3 is 1. The Morgan fingerprint density at radius 1 is 1.03 bits per heavy atom. The van der Waals surface area contributed by atoms with Crippen LogP contribution < -0.4 is 10.3 Å². The van der Waals surface area contributed by atoms with E-state index in [-0.39, 0.29) is 11.2 Å². The quantitative estimate of drug-likeness (QED) is 0.191. The molecule has 0 radical (unpaired) electrons. The second-order valence-corrected chi connectivity index (χ2v) is 9.00. The minimum Gasteiger partial charge on any atom is -0.496 e. The van der Waals surface area contributed by atoms with Gasteiger partial charge in [-0.1, -0.05) is 42.1 Å². The molecule has 0 saturated carbocycles. The van der Waals surface area contributed by atoms with Crippen LogP contribution in [0, 0.1) is 24.0 Å². The van der Waals surface area contributed by atoms with Gasteiger partial charge in [0.05, 0.1) is 28.6 Å². The van der Waals surface area contributed by atoms with Crippen LogP contribution in [-0.4, -0.2) is 31.2 Å². The van der Waals surface area contributed by atoms with Gasteiger partial charge in [0.2, 0.25) is 5.78 Å². The zero-order valence-corrected chi connectivity index (χ0v) is 20.1. The maximum atomic E-state index is 13.6. The first-order chi connectivity index (χ1) is 16.9. The molecule has 0 saturated heterocycles. The second kappa shape index (κ2) is 8.88. The summed E-state index contributed by atoms with van der Waals surface area (Å²) in [7, 11) is 1.53. The van der Waals surface area contributed by atoms with Crippen LogP contribution in [0.2, 0.25) is 0 Å². The van der Waals surface area contributed by atoms with Gasteiger partial charge in [-0.25, -0.2) is 4.57 Å². The summed E-state index contributed by atoms with van der Waals surface area (Å²) in [5, 5.41) is 21.2. The van der Waals surface area contributed by atoms with Gasteiger partial charge in [0, 0.05) is 23.4 Å². The van der Waals surface area contributed by atoms with Crippen LogP contribution in [0.4, 0.5) is 5.69 Å². The number of hydrogen-bond acceptors (Lipinski definition) is 7. The number of nitro benzene ring substituents is 1. The summed E-state index contributed by atoms with van der Waals surface area (Å²) in [5.41, 5.74) is 3.84. The van der Waals surface area contributed by atoms with Crippen molar-refractivity contribution in [3.63, 3.8) is 0 Å². The van der Waals surface area contributed by atoms with Crippen molar-refractivity contribution in [1.82, 2.24) is 19.2 Å². The van der Waals surface area contributed by atoms with Crippen molar-refractivity contribution in [3.8, 4) is 11.4 Å². The van der Waals surface area contributed by atoms with Gasteiger partial charge in [0.15, 0.2) is 5.16 Å². The van der Waals surface area contributed by atoms with Crippen LogP contribution in [0.25, 0.3) is 22.4 Å². The van der Waals surface area contributed by atoms with Crippen molar-refractivity contribution in [3.05, 3.63) is 97.8 Å². The average molecular weight is 488 g/mol. The molecule has 5 aromatic rings. The molecule has 35 heavy (non-hydrogen) atoms. The molecule has 2 heterocycles. The van der Waals surface area contributed by atoms with Crippen molar-refractivity contribution in [2.45, 2.75) is 24.8 Å². The molecule has 0 amide bonds. The van der Waals surface area contributed by atoms with Crippen LogP contribution in [0.15, 0.2) is 70.6 Å². The van der Waals surface area contributed by atoms with Crippen molar-refractivity contribution in [2.75, 3.05) is 7.11 Å². The molecule has 0 bridgehead atoms. The highest BCUT2D eigenvalue weighted by molar-refractivity contribution is 7.98. The van der Waals surface area contributed by atoms with E-state index < -0.39 is 4.92 Å². The first-order valence-corrected chi connectivity index (χ1v) is 11.8. The van der Waals surface area contributed by atoms with E-state index in [1.807, 2.05) is 54.6 Å². The standard InChI is InChI=1S/C25H21N5O4S/c1-15-7-6-8-16(2)22(15)29-23(31)19-9-4-5-10-20(19)28-24(29)26-27-25(28)35-14-17-13-18(30(32)33)11-12-21(17)34-3/h4-13H,14H2,1-3H3. The van der Waals surface area contributed by atoms with E-state index in [9.17, 15) is 14.9 Å². The lowest BCUT2D eigenvalue weighted by Crippen LogP contribution is -2.23. The number of para-hydroxylation sites is 2. The Hall–Kier alpha value is -4.18. The molecule has 0 fully saturated rings. The predicted molar refractivity (Wildman–Crippen MR) is 135 cm³/mol. The Morgan fingerprint density at radius 2 is 1.77 bits per heavy atom. The largest absolute Gasteiger partial charge is 0.496 e. The summed E-state index contributed by atoms with van der Waals surface area (Å²) >= 11 is 1.36. The molecule has 0 spiro atoms. The van der Waals surface area contributed by atoms with Gasteiger partial charge in [-0.05, 0) is 43.2 Å². The smallest absolute Gasteiger partial charge is 0.270 e. The topological polar surface area (TPSA) is 105 Å². The summed E-state index contributed by atoms with van der Waals surface area (Å²) in [5.74, 6) is 1.32. The third kappa shape index (κ3) is 3.81. The number of nitrogens with zero attached hydrogens (tertiary/aromatic N) is 5. The van der Waals surface area contributed by atoms with Crippen LogP contribution in [0.3, 0.4) is 0 Å². The molecule has 0 aliphatic carbocycles. The molecular formula is C25H21N5O4S. The maximum absolute atomic E-state index is 13.6. The molecule has 3 aromatic carbocycles. The fourth-order valence-corrected chi connectivity index (χ4v) is 5.18. The minimum atomic E-state index is -0.434. The second-order valence-electron chi connectivity index (χ2n) is 8.06. The molecule has 0 N–H and O–H groups in total. The Bertz CT molecular complexity index is 1650. The molecule has 0 aliphatic heterocycles. The zero-order chi connectivity index (χ0) is 24.7. The molecule has 2 aromatic heterocycles. The highest BCUT2D eigenvalue weighted by atomic mass is 32.2. The molecular weight excluding hydrogens is 466 g/mol.